The van der Waals surface area contributed by atoms with Crippen LogP contribution in [-0.4, -0.2) is 33.0 Å². The quantitative estimate of drug-likeness (QED) is 0.796. The van der Waals surface area contributed by atoms with E-state index in [1.807, 2.05) is 0 Å². The molecule has 2 heterocycles. The van der Waals surface area contributed by atoms with Gasteiger partial charge in [-0.15, -0.1) is 15.3 Å². The van der Waals surface area contributed by atoms with E-state index in [1.54, 1.807) is 12.1 Å². The van der Waals surface area contributed by atoms with Crippen LogP contribution in [0.3, 0.4) is 0 Å². The number of halogens is 3. The van der Waals surface area contributed by atoms with E-state index in [9.17, 15) is 13.2 Å². The Morgan fingerprint density at radius 2 is 1.78 bits per heavy atom. The minimum atomic E-state index is -4.38. The standard InChI is InChI=1S/C14H12F3N5O/c15-14(16,17)10-3-1-9(2-4-10)13-20-19-11-5-6-12(21-22(11)13)23-8-7-18/h1-6H,7-8,18H2. The van der Waals surface area contributed by atoms with Crippen molar-refractivity contribution in [2.45, 2.75) is 6.18 Å². The van der Waals surface area contributed by atoms with Crippen molar-refractivity contribution in [3.8, 4) is 17.3 Å². The van der Waals surface area contributed by atoms with Crippen molar-refractivity contribution < 1.29 is 17.9 Å². The number of benzene rings is 1. The zero-order valence-corrected chi connectivity index (χ0v) is 11.8. The minimum absolute atomic E-state index is 0.302. The highest BCUT2D eigenvalue weighted by Gasteiger charge is 2.30. The molecule has 0 spiro atoms. The molecular weight excluding hydrogens is 311 g/mol. The molecule has 0 bridgehead atoms. The number of aromatic nitrogens is 4. The molecule has 9 heteroatoms. The maximum Gasteiger partial charge on any atom is 0.416 e. The van der Waals surface area contributed by atoms with Crippen LogP contribution in [-0.2, 0) is 6.18 Å². The van der Waals surface area contributed by atoms with E-state index >= 15 is 0 Å². The van der Waals surface area contributed by atoms with Gasteiger partial charge in [0.25, 0.3) is 0 Å². The number of alkyl halides is 3. The van der Waals surface area contributed by atoms with Gasteiger partial charge in [0.05, 0.1) is 5.56 Å². The maximum absolute atomic E-state index is 12.6. The van der Waals surface area contributed by atoms with E-state index < -0.39 is 11.7 Å². The molecule has 1 aromatic carbocycles. The van der Waals surface area contributed by atoms with E-state index in [0.29, 0.717) is 36.1 Å². The maximum atomic E-state index is 12.6. The van der Waals surface area contributed by atoms with Crippen molar-refractivity contribution in [2.75, 3.05) is 13.2 Å². The van der Waals surface area contributed by atoms with E-state index in [1.165, 1.54) is 16.6 Å². The Kier molecular flexibility index (Phi) is 3.87. The number of hydrogen-bond donors (Lipinski definition) is 1. The molecule has 0 saturated heterocycles. The molecule has 3 aromatic rings. The summed E-state index contributed by atoms with van der Waals surface area (Å²) in [6, 6.07) is 7.91. The molecule has 0 unspecified atom stereocenters. The zero-order chi connectivity index (χ0) is 16.4. The first-order chi connectivity index (χ1) is 11.0. The third-order valence-corrected chi connectivity index (χ3v) is 3.08. The fraction of sp³-hybridized carbons (Fsp3) is 0.214. The van der Waals surface area contributed by atoms with Gasteiger partial charge in [-0.1, -0.05) is 12.1 Å². The molecule has 6 nitrogen and oxygen atoms in total. The molecule has 2 aromatic heterocycles. The Hall–Kier alpha value is -2.68. The van der Waals surface area contributed by atoms with Crippen LogP contribution >= 0.6 is 0 Å². The molecule has 0 fully saturated rings. The number of nitrogens with two attached hydrogens (primary N) is 1. The van der Waals surface area contributed by atoms with Crippen molar-refractivity contribution in [3.63, 3.8) is 0 Å². The molecular formula is C14H12F3N5O. The molecule has 0 aliphatic rings. The second kappa shape index (κ2) is 5.84. The molecule has 0 aliphatic heterocycles. The SMILES string of the molecule is NCCOc1ccc2nnc(-c3ccc(C(F)(F)F)cc3)n2n1. The van der Waals surface area contributed by atoms with Crippen molar-refractivity contribution in [1.82, 2.24) is 19.8 Å². The first-order valence-electron chi connectivity index (χ1n) is 6.72. The van der Waals surface area contributed by atoms with Gasteiger partial charge < -0.3 is 10.5 Å². The highest BCUT2D eigenvalue weighted by molar-refractivity contribution is 5.59. The zero-order valence-electron chi connectivity index (χ0n) is 11.8. The average molecular weight is 323 g/mol. The second-order valence-electron chi connectivity index (χ2n) is 4.68. The number of hydrogen-bond acceptors (Lipinski definition) is 5. The number of ether oxygens (including phenoxy) is 1. The van der Waals surface area contributed by atoms with Crippen molar-refractivity contribution in [1.29, 1.82) is 0 Å². The van der Waals surface area contributed by atoms with Crippen LogP contribution in [0.4, 0.5) is 13.2 Å². The number of nitrogens with zero attached hydrogens (tertiary/aromatic N) is 4. The summed E-state index contributed by atoms with van der Waals surface area (Å²) in [7, 11) is 0. The van der Waals surface area contributed by atoms with Crippen LogP contribution in [0.5, 0.6) is 5.88 Å². The third-order valence-electron chi connectivity index (χ3n) is 3.08. The lowest BCUT2D eigenvalue weighted by molar-refractivity contribution is -0.137. The molecule has 3 rings (SSSR count). The monoisotopic (exact) mass is 323 g/mol. The van der Waals surface area contributed by atoms with E-state index in [0.717, 1.165) is 12.1 Å². The predicted octanol–water partition coefficient (Wildman–Crippen LogP) is 2.15. The molecule has 23 heavy (non-hydrogen) atoms. The van der Waals surface area contributed by atoms with Crippen LogP contribution < -0.4 is 10.5 Å². The lowest BCUT2D eigenvalue weighted by Gasteiger charge is -2.07. The molecule has 0 aliphatic carbocycles. The molecule has 0 atom stereocenters. The minimum Gasteiger partial charge on any atom is -0.475 e. The summed E-state index contributed by atoms with van der Waals surface area (Å²) in [4.78, 5) is 0. The van der Waals surface area contributed by atoms with Crippen LogP contribution in [0, 0.1) is 0 Å². The van der Waals surface area contributed by atoms with E-state index in [2.05, 4.69) is 15.3 Å². The molecule has 120 valence electrons. The molecule has 0 radical (unpaired) electrons. The lowest BCUT2D eigenvalue weighted by Crippen LogP contribution is -2.12. The van der Waals surface area contributed by atoms with Crippen molar-refractivity contribution >= 4 is 5.65 Å². The van der Waals surface area contributed by atoms with Gasteiger partial charge in [0, 0.05) is 18.2 Å². The van der Waals surface area contributed by atoms with Crippen LogP contribution in [0.25, 0.3) is 17.0 Å². The van der Waals surface area contributed by atoms with Gasteiger partial charge in [-0.3, -0.25) is 0 Å². The first kappa shape index (κ1) is 15.2. The smallest absolute Gasteiger partial charge is 0.416 e. The number of fused-ring (bicyclic) bond motifs is 1. The Balaban J connectivity index is 1.98. The Labute approximate surface area is 128 Å². The Morgan fingerprint density at radius 3 is 2.43 bits per heavy atom. The highest BCUT2D eigenvalue weighted by Crippen LogP contribution is 2.30. The van der Waals surface area contributed by atoms with Gasteiger partial charge in [-0.25, -0.2) is 0 Å². The van der Waals surface area contributed by atoms with Crippen molar-refractivity contribution in [2.24, 2.45) is 5.73 Å². The summed E-state index contributed by atoms with van der Waals surface area (Å²) >= 11 is 0. The topological polar surface area (TPSA) is 78.3 Å². The third kappa shape index (κ3) is 3.09. The summed E-state index contributed by atoms with van der Waals surface area (Å²) in [5, 5.41) is 12.1. The number of rotatable bonds is 4. The summed E-state index contributed by atoms with van der Waals surface area (Å²) in [6.07, 6.45) is -4.38. The normalized spacial score (nSPS) is 11.8. The lowest BCUT2D eigenvalue weighted by atomic mass is 10.1. The predicted molar refractivity (Wildman–Crippen MR) is 75.8 cm³/mol. The van der Waals surface area contributed by atoms with Gasteiger partial charge in [-0.2, -0.15) is 17.7 Å². The van der Waals surface area contributed by atoms with E-state index in [4.69, 9.17) is 10.5 Å². The fourth-order valence-corrected chi connectivity index (χ4v) is 2.00. The largest absolute Gasteiger partial charge is 0.475 e. The molecule has 0 amide bonds. The van der Waals surface area contributed by atoms with E-state index in [-0.39, 0.29) is 0 Å². The van der Waals surface area contributed by atoms with Gasteiger partial charge in [0.15, 0.2) is 11.5 Å². The Bertz CT molecular complexity index is 813. The van der Waals surface area contributed by atoms with Crippen LogP contribution in [0.15, 0.2) is 36.4 Å². The summed E-state index contributed by atoms with van der Waals surface area (Å²) in [5.41, 5.74) is 5.56. The summed E-state index contributed by atoms with van der Waals surface area (Å²) in [5.74, 6) is 0.655. The van der Waals surface area contributed by atoms with Gasteiger partial charge in [0.1, 0.15) is 6.61 Å². The summed E-state index contributed by atoms with van der Waals surface area (Å²) in [6.45, 7) is 0.643. The average Bonchev–Trinajstić information content (AvgIpc) is 2.95. The van der Waals surface area contributed by atoms with Gasteiger partial charge in [-0.05, 0) is 18.2 Å². The molecule has 2 N–H and O–H groups in total. The van der Waals surface area contributed by atoms with Gasteiger partial charge in [0.2, 0.25) is 5.88 Å². The summed E-state index contributed by atoms with van der Waals surface area (Å²) < 4.78 is 44.6. The van der Waals surface area contributed by atoms with Crippen LogP contribution in [0.1, 0.15) is 5.56 Å². The highest BCUT2D eigenvalue weighted by atomic mass is 19.4. The first-order valence-corrected chi connectivity index (χ1v) is 6.72. The Morgan fingerprint density at radius 1 is 1.04 bits per heavy atom. The fourth-order valence-electron chi connectivity index (χ4n) is 2.00. The van der Waals surface area contributed by atoms with Gasteiger partial charge >= 0.3 is 6.18 Å². The molecule has 0 saturated carbocycles. The van der Waals surface area contributed by atoms with Crippen LogP contribution in [0.2, 0.25) is 0 Å². The van der Waals surface area contributed by atoms with Crippen molar-refractivity contribution in [3.05, 3.63) is 42.0 Å². The second-order valence-corrected chi connectivity index (χ2v) is 4.68.